The summed E-state index contributed by atoms with van der Waals surface area (Å²) in [5.74, 6) is 0.667. The Balaban J connectivity index is 1.90. The second-order valence-corrected chi connectivity index (χ2v) is 4.97. The van der Waals surface area contributed by atoms with Crippen LogP contribution in [0.4, 0.5) is 0 Å². The third kappa shape index (κ3) is 2.32. The third-order valence-electron chi connectivity index (χ3n) is 3.34. The van der Waals surface area contributed by atoms with E-state index in [0.717, 1.165) is 5.56 Å². The van der Waals surface area contributed by atoms with Gasteiger partial charge in [0.05, 0.1) is 12.0 Å². The first kappa shape index (κ1) is 12.9. The van der Waals surface area contributed by atoms with Crippen molar-refractivity contribution in [3.8, 4) is 5.75 Å². The first-order valence-electron chi connectivity index (χ1n) is 6.24. The van der Waals surface area contributed by atoms with Gasteiger partial charge in [-0.05, 0) is 41.4 Å². The predicted molar refractivity (Wildman–Crippen MR) is 75.4 cm³/mol. The zero-order chi connectivity index (χ0) is 14.1. The molecule has 0 fully saturated rings. The van der Waals surface area contributed by atoms with Crippen molar-refractivity contribution in [1.29, 1.82) is 0 Å². The van der Waals surface area contributed by atoms with Crippen LogP contribution in [-0.4, -0.2) is 11.0 Å². The molecule has 4 heteroatoms. The van der Waals surface area contributed by atoms with Crippen LogP contribution in [0.2, 0.25) is 0 Å². The van der Waals surface area contributed by atoms with Gasteiger partial charge in [0.15, 0.2) is 5.78 Å². The highest BCUT2D eigenvalue weighted by molar-refractivity contribution is 6.67. The van der Waals surface area contributed by atoms with Crippen LogP contribution in [0, 0.1) is 0 Å². The molecule has 1 heterocycles. The lowest BCUT2D eigenvalue weighted by Gasteiger charge is -2.25. The molecule has 1 aliphatic heterocycles. The van der Waals surface area contributed by atoms with Crippen molar-refractivity contribution in [2.75, 3.05) is 0 Å². The maximum atomic E-state index is 12.1. The van der Waals surface area contributed by atoms with E-state index < -0.39 is 5.24 Å². The fourth-order valence-corrected chi connectivity index (χ4v) is 2.41. The Morgan fingerprint density at radius 1 is 1.10 bits per heavy atom. The second kappa shape index (κ2) is 5.10. The summed E-state index contributed by atoms with van der Waals surface area (Å²) in [4.78, 5) is 23.1. The fourth-order valence-electron chi connectivity index (χ4n) is 2.29. The topological polar surface area (TPSA) is 43.4 Å². The lowest BCUT2D eigenvalue weighted by Crippen LogP contribution is -2.20. The average Bonchev–Trinajstić information content (AvgIpc) is 2.47. The van der Waals surface area contributed by atoms with Gasteiger partial charge in [-0.25, -0.2) is 0 Å². The van der Waals surface area contributed by atoms with Crippen molar-refractivity contribution in [3.05, 3.63) is 65.2 Å². The predicted octanol–water partition coefficient (Wildman–Crippen LogP) is 3.77. The first-order valence-corrected chi connectivity index (χ1v) is 6.61. The van der Waals surface area contributed by atoms with E-state index in [1.54, 1.807) is 36.4 Å². The van der Waals surface area contributed by atoms with E-state index in [9.17, 15) is 9.59 Å². The minimum absolute atomic E-state index is 0.0642. The lowest BCUT2D eigenvalue weighted by molar-refractivity contribution is 0.0849. The van der Waals surface area contributed by atoms with Crippen molar-refractivity contribution in [3.63, 3.8) is 0 Å². The highest BCUT2D eigenvalue weighted by atomic mass is 35.5. The molecule has 3 nitrogen and oxygen atoms in total. The number of para-hydroxylation sites is 1. The Hall–Kier alpha value is -2.13. The molecule has 0 spiro atoms. The zero-order valence-electron chi connectivity index (χ0n) is 10.5. The van der Waals surface area contributed by atoms with Gasteiger partial charge in [-0.15, -0.1) is 0 Å². The van der Waals surface area contributed by atoms with Crippen molar-refractivity contribution in [2.45, 2.75) is 12.5 Å². The molecule has 0 bridgehead atoms. The van der Waals surface area contributed by atoms with Crippen LogP contribution in [0.5, 0.6) is 5.75 Å². The van der Waals surface area contributed by atoms with E-state index in [-0.39, 0.29) is 11.9 Å². The van der Waals surface area contributed by atoms with E-state index >= 15 is 0 Å². The van der Waals surface area contributed by atoms with Gasteiger partial charge in [0.25, 0.3) is 5.24 Å². The quantitative estimate of drug-likeness (QED) is 0.789. The molecule has 1 aliphatic rings. The summed E-state index contributed by atoms with van der Waals surface area (Å²) in [5, 5.41) is -0.498. The monoisotopic (exact) mass is 286 g/mol. The van der Waals surface area contributed by atoms with Crippen LogP contribution in [0.1, 0.15) is 38.8 Å². The molecule has 2 aromatic carbocycles. The van der Waals surface area contributed by atoms with Gasteiger partial charge in [-0.1, -0.05) is 24.3 Å². The van der Waals surface area contributed by atoms with Gasteiger partial charge >= 0.3 is 0 Å². The Morgan fingerprint density at radius 3 is 2.50 bits per heavy atom. The SMILES string of the molecule is O=C(Cl)c1ccc(C2CC(=O)c3ccccc3O2)cc1. The molecular weight excluding hydrogens is 276 g/mol. The second-order valence-electron chi connectivity index (χ2n) is 4.63. The number of ether oxygens (including phenoxy) is 1. The van der Waals surface area contributed by atoms with E-state index in [1.165, 1.54) is 0 Å². The molecule has 0 aromatic heterocycles. The average molecular weight is 287 g/mol. The summed E-state index contributed by atoms with van der Waals surface area (Å²) < 4.78 is 5.85. The van der Waals surface area contributed by atoms with E-state index in [4.69, 9.17) is 16.3 Å². The number of hydrogen-bond donors (Lipinski definition) is 0. The van der Waals surface area contributed by atoms with Gasteiger partial charge < -0.3 is 4.74 Å². The highest BCUT2D eigenvalue weighted by Crippen LogP contribution is 2.34. The molecule has 2 aromatic rings. The van der Waals surface area contributed by atoms with Crippen LogP contribution < -0.4 is 4.74 Å². The minimum Gasteiger partial charge on any atom is -0.484 e. The molecule has 20 heavy (non-hydrogen) atoms. The summed E-state index contributed by atoms with van der Waals surface area (Å²) in [6, 6.07) is 14.0. The van der Waals surface area contributed by atoms with Gasteiger partial charge in [-0.3, -0.25) is 9.59 Å². The molecule has 3 rings (SSSR count). The Labute approximate surface area is 121 Å². The highest BCUT2D eigenvalue weighted by Gasteiger charge is 2.27. The van der Waals surface area contributed by atoms with E-state index in [0.29, 0.717) is 23.3 Å². The third-order valence-corrected chi connectivity index (χ3v) is 3.56. The molecule has 0 radical (unpaired) electrons. The maximum Gasteiger partial charge on any atom is 0.252 e. The molecule has 0 saturated carbocycles. The number of fused-ring (bicyclic) bond motifs is 1. The number of rotatable bonds is 2. The largest absolute Gasteiger partial charge is 0.484 e. The smallest absolute Gasteiger partial charge is 0.252 e. The van der Waals surface area contributed by atoms with Crippen LogP contribution in [-0.2, 0) is 0 Å². The van der Waals surface area contributed by atoms with Crippen molar-refractivity contribution in [2.24, 2.45) is 0 Å². The van der Waals surface area contributed by atoms with Crippen LogP contribution in [0.25, 0.3) is 0 Å². The summed E-state index contributed by atoms with van der Waals surface area (Å²) in [6.07, 6.45) is -0.0255. The maximum absolute atomic E-state index is 12.1. The van der Waals surface area contributed by atoms with Crippen molar-refractivity contribution >= 4 is 22.6 Å². The van der Waals surface area contributed by atoms with Crippen LogP contribution in [0.3, 0.4) is 0 Å². The standard InChI is InChI=1S/C16H11ClO3/c17-16(19)11-7-5-10(6-8-11)15-9-13(18)12-3-1-2-4-14(12)20-15/h1-8,15H,9H2. The summed E-state index contributed by atoms with van der Waals surface area (Å²) >= 11 is 5.41. The Morgan fingerprint density at radius 2 is 1.80 bits per heavy atom. The van der Waals surface area contributed by atoms with Gasteiger partial charge in [0, 0.05) is 5.56 Å². The summed E-state index contributed by atoms with van der Waals surface area (Å²) in [7, 11) is 0. The zero-order valence-corrected chi connectivity index (χ0v) is 11.3. The minimum atomic E-state index is -0.498. The molecular formula is C16H11ClO3. The van der Waals surface area contributed by atoms with Gasteiger partial charge in [-0.2, -0.15) is 0 Å². The van der Waals surface area contributed by atoms with E-state index in [1.807, 2.05) is 12.1 Å². The van der Waals surface area contributed by atoms with Crippen LogP contribution in [0.15, 0.2) is 48.5 Å². The number of hydrogen-bond acceptors (Lipinski definition) is 3. The molecule has 0 amide bonds. The number of ketones is 1. The van der Waals surface area contributed by atoms with Crippen molar-refractivity contribution in [1.82, 2.24) is 0 Å². The molecule has 0 N–H and O–H groups in total. The molecule has 1 unspecified atom stereocenters. The number of Topliss-reactive ketones (excluding diaryl/α,β-unsaturated/α-hetero) is 1. The summed E-state index contributed by atoms with van der Waals surface area (Å²) in [6.45, 7) is 0. The Bertz CT molecular complexity index is 676. The Kier molecular flexibility index (Phi) is 3.28. The number of halogens is 1. The summed E-state index contributed by atoms with van der Waals surface area (Å²) in [5.41, 5.74) is 1.91. The van der Waals surface area contributed by atoms with Crippen LogP contribution >= 0.6 is 11.6 Å². The van der Waals surface area contributed by atoms with Crippen molar-refractivity contribution < 1.29 is 14.3 Å². The molecule has 0 saturated heterocycles. The molecule has 100 valence electrons. The number of carbonyl (C=O) groups excluding carboxylic acids is 2. The van der Waals surface area contributed by atoms with Gasteiger partial charge in [0.1, 0.15) is 11.9 Å². The lowest BCUT2D eigenvalue weighted by atomic mass is 9.96. The number of benzene rings is 2. The molecule has 0 aliphatic carbocycles. The normalized spacial score (nSPS) is 17.2. The van der Waals surface area contributed by atoms with Gasteiger partial charge in [0.2, 0.25) is 0 Å². The number of carbonyl (C=O) groups is 2. The molecule has 1 atom stereocenters. The first-order chi connectivity index (χ1) is 9.65. The fraction of sp³-hybridized carbons (Fsp3) is 0.125. The van der Waals surface area contributed by atoms with E-state index in [2.05, 4.69) is 0 Å².